The Bertz CT molecular complexity index is 655. The highest BCUT2D eigenvalue weighted by atomic mass is 79.9. The zero-order valence-electron chi connectivity index (χ0n) is 18.0. The molecule has 0 fully saturated rings. The van der Waals surface area contributed by atoms with Gasteiger partial charge in [0.05, 0.1) is 26.4 Å². The monoisotopic (exact) mass is 532 g/mol. The first-order valence-electron chi connectivity index (χ1n) is 9.73. The van der Waals surface area contributed by atoms with Crippen molar-refractivity contribution in [2.24, 2.45) is 0 Å². The molecule has 0 unspecified atom stereocenters. The Hall–Kier alpha value is -0.860. The molecule has 0 bridgehead atoms. The average molecular weight is 534 g/mol. The van der Waals surface area contributed by atoms with Crippen molar-refractivity contribution < 1.29 is 57.3 Å². The first-order valence-corrected chi connectivity index (χ1v) is 9.73. The third-order valence-electron chi connectivity index (χ3n) is 4.51. The van der Waals surface area contributed by atoms with Crippen LogP contribution < -0.4 is 43.1 Å². The molecule has 5 nitrogen and oxygen atoms in total. The fraction of sp³-hybridized carbons (Fsp3) is 0.545. The van der Waals surface area contributed by atoms with Crippen molar-refractivity contribution in [3.05, 3.63) is 59.2 Å². The van der Waals surface area contributed by atoms with Crippen LogP contribution in [-0.4, -0.2) is 39.6 Å². The summed E-state index contributed by atoms with van der Waals surface area (Å²) in [7, 11) is 0. The van der Waals surface area contributed by atoms with E-state index in [0.29, 0.717) is 39.6 Å². The van der Waals surface area contributed by atoms with E-state index in [4.69, 9.17) is 14.2 Å². The van der Waals surface area contributed by atoms with Gasteiger partial charge < -0.3 is 48.2 Å². The molecule has 0 saturated heterocycles. The Morgan fingerprint density at radius 1 is 0.586 bits per heavy atom. The zero-order valence-corrected chi connectivity index (χ0v) is 21.2. The van der Waals surface area contributed by atoms with Crippen molar-refractivity contribution in [1.82, 2.24) is 0 Å². The summed E-state index contributed by atoms with van der Waals surface area (Å²) < 4.78 is 21.2. The van der Waals surface area contributed by atoms with Crippen molar-refractivity contribution in [1.29, 1.82) is 0 Å². The molecule has 0 aromatic carbocycles. The summed E-state index contributed by atoms with van der Waals surface area (Å²) >= 11 is 0. The van der Waals surface area contributed by atoms with E-state index in [1.54, 1.807) is 0 Å². The fourth-order valence-electron chi connectivity index (χ4n) is 2.94. The topological polar surface area (TPSA) is 35.5 Å². The molecule has 2 rings (SSSR count). The number of rotatable bonds is 12. The van der Waals surface area contributed by atoms with E-state index in [9.17, 15) is 0 Å². The zero-order chi connectivity index (χ0) is 19.5. The third-order valence-corrected chi connectivity index (χ3v) is 4.51. The predicted octanol–water partition coefficient (Wildman–Crippen LogP) is -3.75. The van der Waals surface area contributed by atoms with Crippen molar-refractivity contribution in [2.75, 3.05) is 39.6 Å². The maximum absolute atomic E-state index is 5.64. The first-order chi connectivity index (χ1) is 13.1. The van der Waals surface area contributed by atoms with Crippen LogP contribution in [0, 0.1) is 27.7 Å². The smallest absolute Gasteiger partial charge is 0.178 e. The minimum absolute atomic E-state index is 0. The molecule has 0 aliphatic carbocycles. The van der Waals surface area contributed by atoms with Crippen LogP contribution in [0.3, 0.4) is 0 Å². The molecule has 2 heterocycles. The van der Waals surface area contributed by atoms with E-state index in [-0.39, 0.29) is 34.0 Å². The number of hydrogen-bond donors (Lipinski definition) is 0. The number of halogens is 2. The maximum Gasteiger partial charge on any atom is 0.178 e. The molecule has 2 aromatic heterocycles. The number of hydrogen-bond acceptors (Lipinski definition) is 3. The second kappa shape index (κ2) is 15.9. The van der Waals surface area contributed by atoms with Crippen LogP contribution in [0.4, 0.5) is 0 Å². The van der Waals surface area contributed by atoms with Crippen molar-refractivity contribution >= 4 is 0 Å². The highest BCUT2D eigenvalue weighted by Gasteiger charge is 2.06. The summed E-state index contributed by atoms with van der Waals surface area (Å²) in [6.45, 7) is 14.0. The lowest BCUT2D eigenvalue weighted by molar-refractivity contribution is -0.704. The van der Waals surface area contributed by atoms with Crippen LogP contribution in [0.15, 0.2) is 36.7 Å². The summed E-state index contributed by atoms with van der Waals surface area (Å²) in [6, 6.07) is 8.60. The summed E-state index contributed by atoms with van der Waals surface area (Å²) in [6.07, 6.45) is 4.22. The van der Waals surface area contributed by atoms with E-state index < -0.39 is 0 Å². The molecule has 0 spiro atoms. The molecule has 0 N–H and O–H groups in total. The van der Waals surface area contributed by atoms with Gasteiger partial charge in [-0.25, -0.2) is 9.13 Å². The molecule has 7 heteroatoms. The van der Waals surface area contributed by atoms with Crippen LogP contribution in [0.2, 0.25) is 0 Å². The third kappa shape index (κ3) is 11.2. The summed E-state index contributed by atoms with van der Waals surface area (Å²) in [4.78, 5) is 0. The van der Waals surface area contributed by atoms with E-state index in [1.165, 1.54) is 22.5 Å². The number of aryl methyl sites for hydroxylation is 4. The Balaban J connectivity index is 0.00000392. The van der Waals surface area contributed by atoms with Gasteiger partial charge >= 0.3 is 0 Å². The second-order valence-electron chi connectivity index (χ2n) is 6.91. The predicted molar refractivity (Wildman–Crippen MR) is 105 cm³/mol. The Labute approximate surface area is 196 Å². The van der Waals surface area contributed by atoms with Gasteiger partial charge in [0, 0.05) is 38.1 Å². The van der Waals surface area contributed by atoms with Gasteiger partial charge in [-0.1, -0.05) is 0 Å². The van der Waals surface area contributed by atoms with Gasteiger partial charge in [-0.05, 0) is 25.0 Å². The molecule has 29 heavy (non-hydrogen) atoms. The van der Waals surface area contributed by atoms with Gasteiger partial charge in [0.2, 0.25) is 0 Å². The van der Waals surface area contributed by atoms with E-state index in [1.807, 2.05) is 0 Å². The maximum atomic E-state index is 5.64. The van der Waals surface area contributed by atoms with Gasteiger partial charge in [-0.2, -0.15) is 0 Å². The number of ether oxygens (including phenoxy) is 3. The largest absolute Gasteiger partial charge is 1.00 e. The molecule has 164 valence electrons. The molecule has 0 aliphatic rings. The standard InChI is InChI=1S/C22H34N2O3.2BrH/c1-19-5-7-23(21(3)17-19)9-11-25-13-15-27-16-14-26-12-10-24-8-6-20(2)18-22(24)4;;/h5-8,17-18H,9-16H2,1-4H3;2*1H/q+2;;/p-2. The molecule has 0 amide bonds. The van der Waals surface area contributed by atoms with Gasteiger partial charge in [0.15, 0.2) is 36.9 Å². The lowest BCUT2D eigenvalue weighted by Crippen LogP contribution is -3.00. The first kappa shape index (κ1) is 28.1. The molecule has 2 aromatic rings. The van der Waals surface area contributed by atoms with E-state index in [0.717, 1.165) is 13.1 Å². The normalized spacial score (nSPS) is 10.3. The molecular weight excluding hydrogens is 500 g/mol. The van der Waals surface area contributed by atoms with Gasteiger partial charge in [0.25, 0.3) is 0 Å². The molecule has 0 radical (unpaired) electrons. The van der Waals surface area contributed by atoms with Crippen LogP contribution >= 0.6 is 0 Å². The Kier molecular flexibility index (Phi) is 15.4. The van der Waals surface area contributed by atoms with Gasteiger partial charge in [-0.15, -0.1) is 0 Å². The van der Waals surface area contributed by atoms with Gasteiger partial charge in [-0.3, -0.25) is 0 Å². The molecular formula is C22H34Br2N2O3. The number of aromatic nitrogens is 2. The van der Waals surface area contributed by atoms with Crippen LogP contribution in [0.5, 0.6) is 0 Å². The minimum Gasteiger partial charge on any atom is -1.00 e. The van der Waals surface area contributed by atoms with Gasteiger partial charge in [0.1, 0.15) is 13.2 Å². The van der Waals surface area contributed by atoms with Crippen molar-refractivity contribution in [3.8, 4) is 0 Å². The average Bonchev–Trinajstić information content (AvgIpc) is 2.62. The van der Waals surface area contributed by atoms with E-state index >= 15 is 0 Å². The summed E-state index contributed by atoms with van der Waals surface area (Å²) in [5, 5.41) is 0. The minimum atomic E-state index is 0. The number of nitrogens with zero attached hydrogens (tertiary/aromatic N) is 2. The van der Waals surface area contributed by atoms with E-state index in [2.05, 4.69) is 73.5 Å². The Morgan fingerprint density at radius 3 is 1.28 bits per heavy atom. The highest BCUT2D eigenvalue weighted by molar-refractivity contribution is 5.09. The SMILES string of the molecule is Cc1cc[n+](CCOCCOCCOCC[n+]2ccc(C)cc2C)c(C)c1.[Br-].[Br-]. The lowest BCUT2D eigenvalue weighted by Gasteiger charge is -2.06. The summed E-state index contributed by atoms with van der Waals surface area (Å²) in [5.74, 6) is 0. The highest BCUT2D eigenvalue weighted by Crippen LogP contribution is 1.97. The lowest BCUT2D eigenvalue weighted by atomic mass is 10.2. The molecule has 0 saturated carbocycles. The van der Waals surface area contributed by atoms with Crippen LogP contribution in [-0.2, 0) is 27.3 Å². The second-order valence-corrected chi connectivity index (χ2v) is 6.91. The molecule has 0 atom stereocenters. The Morgan fingerprint density at radius 2 is 0.931 bits per heavy atom. The fourth-order valence-corrected chi connectivity index (χ4v) is 2.94. The quantitative estimate of drug-likeness (QED) is 0.208. The number of pyridine rings is 2. The van der Waals surface area contributed by atoms with Crippen molar-refractivity contribution in [2.45, 2.75) is 40.8 Å². The van der Waals surface area contributed by atoms with Crippen LogP contribution in [0.25, 0.3) is 0 Å². The van der Waals surface area contributed by atoms with Crippen molar-refractivity contribution in [3.63, 3.8) is 0 Å². The van der Waals surface area contributed by atoms with Crippen LogP contribution in [0.1, 0.15) is 22.5 Å². The molecule has 0 aliphatic heterocycles. The summed E-state index contributed by atoms with van der Waals surface area (Å²) in [5.41, 5.74) is 5.08.